The minimum absolute atomic E-state index is 0.159. The van der Waals surface area contributed by atoms with Gasteiger partial charge in [-0.15, -0.1) is 0 Å². The molecule has 0 spiro atoms. The lowest BCUT2D eigenvalue weighted by atomic mass is 10.1. The van der Waals surface area contributed by atoms with Gasteiger partial charge in [-0.1, -0.05) is 30.7 Å². The third-order valence-electron chi connectivity index (χ3n) is 4.25. The number of benzene rings is 2. The molecule has 27 heavy (non-hydrogen) atoms. The number of anilines is 1. The molecule has 0 bridgehead atoms. The zero-order valence-electron chi connectivity index (χ0n) is 15.4. The van der Waals surface area contributed by atoms with E-state index in [-0.39, 0.29) is 10.8 Å². The molecule has 3 aromatic rings. The van der Waals surface area contributed by atoms with Crippen LogP contribution in [0.1, 0.15) is 28.5 Å². The van der Waals surface area contributed by atoms with Crippen LogP contribution in [0, 0.1) is 6.92 Å². The van der Waals surface area contributed by atoms with Crippen molar-refractivity contribution in [2.24, 2.45) is 0 Å². The summed E-state index contributed by atoms with van der Waals surface area (Å²) in [5.74, 6) is -0.323. The van der Waals surface area contributed by atoms with E-state index in [0.717, 1.165) is 23.2 Å². The molecule has 1 N–H and O–H groups in total. The van der Waals surface area contributed by atoms with Gasteiger partial charge in [0.25, 0.3) is 5.91 Å². The van der Waals surface area contributed by atoms with E-state index < -0.39 is 9.84 Å². The number of aromatic nitrogens is 2. The first-order valence-electron chi connectivity index (χ1n) is 8.55. The summed E-state index contributed by atoms with van der Waals surface area (Å²) in [7, 11) is -3.34. The van der Waals surface area contributed by atoms with Crippen molar-refractivity contribution >= 4 is 21.4 Å². The van der Waals surface area contributed by atoms with Crippen molar-refractivity contribution in [1.29, 1.82) is 0 Å². The summed E-state index contributed by atoms with van der Waals surface area (Å²) in [4.78, 5) is 12.9. The molecule has 0 atom stereocenters. The molecule has 0 aliphatic rings. The van der Waals surface area contributed by atoms with Crippen molar-refractivity contribution < 1.29 is 13.2 Å². The molecule has 6 nitrogen and oxygen atoms in total. The third-order valence-corrected chi connectivity index (χ3v) is 5.36. The van der Waals surface area contributed by atoms with Gasteiger partial charge in [0, 0.05) is 11.9 Å². The van der Waals surface area contributed by atoms with E-state index in [4.69, 9.17) is 0 Å². The number of hydrogen-bond donors (Lipinski definition) is 1. The minimum atomic E-state index is -3.34. The number of hydrogen-bond acceptors (Lipinski definition) is 4. The highest BCUT2D eigenvalue weighted by Crippen LogP contribution is 2.20. The van der Waals surface area contributed by atoms with Crippen molar-refractivity contribution in [1.82, 2.24) is 9.78 Å². The van der Waals surface area contributed by atoms with Gasteiger partial charge < -0.3 is 5.32 Å². The number of nitrogens with zero attached hydrogens (tertiary/aromatic N) is 2. The predicted molar refractivity (Wildman–Crippen MR) is 105 cm³/mol. The molecule has 0 aliphatic heterocycles. The standard InChI is InChI=1S/C20H21N3O3S/c1-4-19-18(13-21-23(19)16-10-8-14(2)9-11-16)20(24)22-15-6-5-7-17(12-15)27(3,25)26/h5-13H,4H2,1-3H3,(H,22,24). The lowest BCUT2D eigenvalue weighted by molar-refractivity contribution is 0.102. The molecular formula is C20H21N3O3S. The maximum Gasteiger partial charge on any atom is 0.259 e. The summed E-state index contributed by atoms with van der Waals surface area (Å²) in [6.07, 6.45) is 3.29. The van der Waals surface area contributed by atoms with Crippen LogP contribution in [0.15, 0.2) is 59.6 Å². The Morgan fingerprint density at radius 1 is 1.15 bits per heavy atom. The summed E-state index contributed by atoms with van der Waals surface area (Å²) in [6, 6.07) is 14.1. The number of carbonyl (C=O) groups excluding carboxylic acids is 1. The molecule has 7 heteroatoms. The highest BCUT2D eigenvalue weighted by atomic mass is 32.2. The van der Waals surface area contributed by atoms with Gasteiger partial charge in [0.05, 0.1) is 28.0 Å². The molecule has 0 radical (unpaired) electrons. The molecule has 0 fully saturated rings. The van der Waals surface area contributed by atoms with Crippen LogP contribution in [0.4, 0.5) is 5.69 Å². The highest BCUT2D eigenvalue weighted by Gasteiger charge is 2.18. The first kappa shape index (κ1) is 18.8. The number of rotatable bonds is 5. The van der Waals surface area contributed by atoms with Crippen molar-refractivity contribution in [2.45, 2.75) is 25.2 Å². The normalized spacial score (nSPS) is 11.4. The molecule has 1 heterocycles. The van der Waals surface area contributed by atoms with E-state index in [9.17, 15) is 13.2 Å². The molecule has 0 aliphatic carbocycles. The van der Waals surface area contributed by atoms with Gasteiger partial charge in [-0.25, -0.2) is 13.1 Å². The molecule has 1 aromatic heterocycles. The maximum atomic E-state index is 12.7. The molecule has 2 aromatic carbocycles. The Kier molecular flexibility index (Phi) is 5.14. The van der Waals surface area contributed by atoms with Gasteiger partial charge in [-0.05, 0) is 43.7 Å². The van der Waals surface area contributed by atoms with Crippen molar-refractivity contribution in [2.75, 3.05) is 11.6 Å². The average Bonchev–Trinajstić information content (AvgIpc) is 3.06. The largest absolute Gasteiger partial charge is 0.322 e. The molecule has 1 amide bonds. The van der Waals surface area contributed by atoms with Crippen LogP contribution in [0.3, 0.4) is 0 Å². The van der Waals surface area contributed by atoms with Crippen LogP contribution >= 0.6 is 0 Å². The van der Waals surface area contributed by atoms with Crippen LogP contribution in [-0.2, 0) is 16.3 Å². The van der Waals surface area contributed by atoms with Crippen LogP contribution in [-0.4, -0.2) is 30.4 Å². The molecule has 140 valence electrons. The molecule has 0 saturated heterocycles. The van der Waals surface area contributed by atoms with Gasteiger partial charge in [0.1, 0.15) is 0 Å². The van der Waals surface area contributed by atoms with Gasteiger partial charge in [0.2, 0.25) is 0 Å². The molecule has 0 saturated carbocycles. The van der Waals surface area contributed by atoms with E-state index >= 15 is 0 Å². The fourth-order valence-electron chi connectivity index (χ4n) is 2.82. The summed E-state index contributed by atoms with van der Waals surface area (Å²) < 4.78 is 25.2. The van der Waals surface area contributed by atoms with Gasteiger partial charge in [0.15, 0.2) is 9.84 Å². The Morgan fingerprint density at radius 2 is 1.85 bits per heavy atom. The lowest BCUT2D eigenvalue weighted by Crippen LogP contribution is -2.14. The number of aryl methyl sites for hydroxylation is 1. The van der Waals surface area contributed by atoms with E-state index in [1.165, 1.54) is 18.3 Å². The van der Waals surface area contributed by atoms with Gasteiger partial charge in [-0.3, -0.25) is 4.79 Å². The van der Waals surface area contributed by atoms with Crippen molar-refractivity contribution in [3.8, 4) is 5.69 Å². The van der Waals surface area contributed by atoms with Crippen molar-refractivity contribution in [3.63, 3.8) is 0 Å². The second kappa shape index (κ2) is 7.36. The Labute approximate surface area is 158 Å². The quantitative estimate of drug-likeness (QED) is 0.732. The SMILES string of the molecule is CCc1c(C(=O)Nc2cccc(S(C)(=O)=O)c2)cnn1-c1ccc(C)cc1. The average molecular weight is 383 g/mol. The predicted octanol–water partition coefficient (Wildman–Crippen LogP) is 3.40. The van der Waals surface area contributed by atoms with Crippen LogP contribution in [0.25, 0.3) is 5.69 Å². The monoisotopic (exact) mass is 383 g/mol. The summed E-state index contributed by atoms with van der Waals surface area (Å²) in [6.45, 7) is 3.97. The molecule has 0 unspecified atom stereocenters. The zero-order chi connectivity index (χ0) is 19.6. The first-order chi connectivity index (χ1) is 12.8. The highest BCUT2D eigenvalue weighted by molar-refractivity contribution is 7.90. The fourth-order valence-corrected chi connectivity index (χ4v) is 3.48. The number of nitrogens with one attached hydrogen (secondary N) is 1. The number of carbonyl (C=O) groups is 1. The Balaban J connectivity index is 1.91. The fraction of sp³-hybridized carbons (Fsp3) is 0.200. The summed E-state index contributed by atoms with van der Waals surface area (Å²) >= 11 is 0. The topological polar surface area (TPSA) is 81.1 Å². The van der Waals surface area contributed by atoms with Crippen molar-refractivity contribution in [3.05, 3.63) is 71.5 Å². The minimum Gasteiger partial charge on any atom is -0.322 e. The zero-order valence-corrected chi connectivity index (χ0v) is 16.2. The van der Waals surface area contributed by atoms with Crippen LogP contribution < -0.4 is 5.32 Å². The summed E-state index contributed by atoms with van der Waals surface area (Å²) in [5.41, 5.74) is 3.70. The van der Waals surface area contributed by atoms with E-state index in [1.54, 1.807) is 16.8 Å². The number of sulfone groups is 1. The third kappa shape index (κ3) is 4.09. The second-order valence-corrected chi connectivity index (χ2v) is 8.38. The summed E-state index contributed by atoms with van der Waals surface area (Å²) in [5, 5.41) is 7.13. The van der Waals surface area contributed by atoms with Gasteiger partial charge >= 0.3 is 0 Å². The number of amides is 1. The van der Waals surface area contributed by atoms with Crippen LogP contribution in [0.5, 0.6) is 0 Å². The van der Waals surface area contributed by atoms with Gasteiger partial charge in [-0.2, -0.15) is 5.10 Å². The maximum absolute atomic E-state index is 12.7. The Hall–Kier alpha value is -2.93. The molecule has 3 rings (SSSR count). The van der Waals surface area contributed by atoms with E-state index in [2.05, 4.69) is 10.4 Å². The first-order valence-corrected chi connectivity index (χ1v) is 10.4. The Bertz CT molecular complexity index is 1080. The Morgan fingerprint density at radius 3 is 2.48 bits per heavy atom. The van der Waals surface area contributed by atoms with E-state index in [0.29, 0.717) is 17.7 Å². The second-order valence-electron chi connectivity index (χ2n) is 6.36. The molecular weight excluding hydrogens is 362 g/mol. The van der Waals surface area contributed by atoms with E-state index in [1.807, 2.05) is 38.1 Å². The van der Waals surface area contributed by atoms with Crippen LogP contribution in [0.2, 0.25) is 0 Å². The lowest BCUT2D eigenvalue weighted by Gasteiger charge is -2.09. The smallest absolute Gasteiger partial charge is 0.259 e.